The number of halogens is 2. The van der Waals surface area contributed by atoms with Crippen LogP contribution in [0, 0.1) is 6.92 Å². The van der Waals surface area contributed by atoms with E-state index >= 15 is 0 Å². The fourth-order valence-electron chi connectivity index (χ4n) is 1.83. The first-order valence-electron chi connectivity index (χ1n) is 6.98. The Morgan fingerprint density at radius 2 is 2.05 bits per heavy atom. The Labute approximate surface area is 145 Å². The van der Waals surface area contributed by atoms with E-state index in [1.54, 1.807) is 18.0 Å². The minimum atomic E-state index is 0.428. The maximum atomic E-state index is 6.04. The van der Waals surface area contributed by atoms with Crippen LogP contribution >= 0.6 is 35.1 Å². The zero-order chi connectivity index (χ0) is 15.8. The molecule has 0 unspecified atom stereocenters. The number of rotatable bonds is 8. The van der Waals surface area contributed by atoms with Gasteiger partial charge in [0.25, 0.3) is 0 Å². The summed E-state index contributed by atoms with van der Waals surface area (Å²) < 4.78 is 9.21. The minimum absolute atomic E-state index is 0.428. The van der Waals surface area contributed by atoms with E-state index in [2.05, 4.69) is 9.71 Å². The lowest BCUT2D eigenvalue weighted by molar-refractivity contribution is 0.307. The summed E-state index contributed by atoms with van der Waals surface area (Å²) in [6, 6.07) is 11.8. The molecule has 6 heteroatoms. The van der Waals surface area contributed by atoms with Crippen LogP contribution in [0.1, 0.15) is 17.7 Å². The van der Waals surface area contributed by atoms with Gasteiger partial charge in [-0.3, -0.25) is 0 Å². The number of ether oxygens (including phenoxy) is 1. The average molecular weight is 357 g/mol. The summed E-state index contributed by atoms with van der Waals surface area (Å²) in [4.78, 5) is 4.27. The van der Waals surface area contributed by atoms with Crippen LogP contribution in [0.4, 0.5) is 5.69 Å². The highest BCUT2D eigenvalue weighted by atomic mass is 35.5. The zero-order valence-electron chi connectivity index (χ0n) is 12.3. The van der Waals surface area contributed by atoms with Crippen molar-refractivity contribution in [3.05, 3.63) is 52.8 Å². The van der Waals surface area contributed by atoms with Crippen LogP contribution in [0.2, 0.25) is 5.15 Å². The number of hydrogen-bond acceptors (Lipinski definition) is 4. The topological polar surface area (TPSA) is 34.1 Å². The molecule has 2 rings (SSSR count). The Bertz CT molecular complexity index is 596. The summed E-state index contributed by atoms with van der Waals surface area (Å²) in [5.41, 5.74) is 2.78. The van der Waals surface area contributed by atoms with Gasteiger partial charge in [0.1, 0.15) is 23.2 Å². The van der Waals surface area contributed by atoms with E-state index in [1.165, 1.54) is 0 Å². The van der Waals surface area contributed by atoms with Crippen LogP contribution in [0.3, 0.4) is 0 Å². The van der Waals surface area contributed by atoms with Crippen molar-refractivity contribution in [2.45, 2.75) is 20.0 Å². The van der Waals surface area contributed by atoms with Gasteiger partial charge in [-0.2, -0.15) is 0 Å². The number of hydrogen-bond donors (Lipinski definition) is 1. The van der Waals surface area contributed by atoms with Gasteiger partial charge < -0.3 is 9.46 Å². The number of benzene rings is 1. The number of aryl methyl sites for hydroxylation is 1. The molecule has 0 saturated heterocycles. The van der Waals surface area contributed by atoms with Crippen molar-refractivity contribution in [2.75, 3.05) is 16.4 Å². The third kappa shape index (κ3) is 5.27. The molecule has 0 spiro atoms. The quantitative estimate of drug-likeness (QED) is 0.300. The summed E-state index contributed by atoms with van der Waals surface area (Å²) >= 11 is 13.3. The van der Waals surface area contributed by atoms with Gasteiger partial charge in [-0.05, 0) is 18.9 Å². The number of nitrogens with one attached hydrogen (secondary N) is 1. The van der Waals surface area contributed by atoms with Crippen LogP contribution in [0.5, 0.6) is 5.75 Å². The standard InChI is InChI=1S/C16H18Cl2N2OS/c1-12-16(20-22-9-5-8-17)14(10-15(18)19-12)21-11-13-6-3-2-4-7-13/h2-4,6-7,10,20H,5,8-9,11H2,1H3. The normalized spacial score (nSPS) is 10.5. The van der Waals surface area contributed by atoms with Crippen molar-refractivity contribution >= 4 is 40.8 Å². The van der Waals surface area contributed by atoms with Gasteiger partial charge in [-0.25, -0.2) is 4.98 Å². The molecule has 0 bridgehead atoms. The summed E-state index contributed by atoms with van der Waals surface area (Å²) in [5, 5.41) is 0.428. The number of anilines is 1. The van der Waals surface area contributed by atoms with Gasteiger partial charge in [-0.15, -0.1) is 11.6 Å². The first-order chi connectivity index (χ1) is 10.7. The van der Waals surface area contributed by atoms with Gasteiger partial charge in [0.2, 0.25) is 0 Å². The van der Waals surface area contributed by atoms with Crippen LogP contribution in [-0.2, 0) is 6.61 Å². The largest absolute Gasteiger partial charge is 0.487 e. The molecule has 0 fully saturated rings. The van der Waals surface area contributed by atoms with E-state index in [1.807, 2.05) is 37.3 Å². The third-order valence-corrected chi connectivity index (χ3v) is 4.23. The molecule has 1 aromatic heterocycles. The predicted molar refractivity (Wildman–Crippen MR) is 96.2 cm³/mol. The number of alkyl halides is 1. The number of pyridine rings is 1. The molecule has 0 aliphatic carbocycles. The molecule has 2 aromatic rings. The zero-order valence-corrected chi connectivity index (χ0v) is 14.6. The molecule has 0 radical (unpaired) electrons. The van der Waals surface area contributed by atoms with Gasteiger partial charge in [-0.1, -0.05) is 53.9 Å². The second kappa shape index (κ2) is 9.13. The highest BCUT2D eigenvalue weighted by Gasteiger charge is 2.11. The lowest BCUT2D eigenvalue weighted by Gasteiger charge is -2.15. The van der Waals surface area contributed by atoms with E-state index in [0.717, 1.165) is 29.1 Å². The minimum Gasteiger partial charge on any atom is -0.487 e. The summed E-state index contributed by atoms with van der Waals surface area (Å²) in [5.74, 6) is 2.29. The summed E-state index contributed by atoms with van der Waals surface area (Å²) in [6.45, 7) is 2.40. The lowest BCUT2D eigenvalue weighted by atomic mass is 10.2. The van der Waals surface area contributed by atoms with Crippen molar-refractivity contribution in [3.63, 3.8) is 0 Å². The van der Waals surface area contributed by atoms with Crippen LogP contribution in [0.25, 0.3) is 0 Å². The molecule has 1 N–H and O–H groups in total. The Balaban J connectivity index is 2.07. The fourth-order valence-corrected chi connectivity index (χ4v) is 3.13. The Hall–Kier alpha value is -1.10. The maximum Gasteiger partial charge on any atom is 0.148 e. The first-order valence-corrected chi connectivity index (χ1v) is 8.88. The highest BCUT2D eigenvalue weighted by molar-refractivity contribution is 8.00. The van der Waals surface area contributed by atoms with E-state index < -0.39 is 0 Å². The van der Waals surface area contributed by atoms with Crippen LogP contribution in [0.15, 0.2) is 36.4 Å². The van der Waals surface area contributed by atoms with Crippen molar-refractivity contribution in [1.29, 1.82) is 0 Å². The SMILES string of the molecule is Cc1nc(Cl)cc(OCc2ccccc2)c1NSCCCCl. The molecule has 0 aliphatic rings. The Morgan fingerprint density at radius 1 is 1.27 bits per heavy atom. The van der Waals surface area contributed by atoms with Gasteiger partial charge in [0, 0.05) is 17.7 Å². The molecule has 0 saturated carbocycles. The van der Waals surface area contributed by atoms with E-state index in [-0.39, 0.29) is 0 Å². The second-order valence-corrected chi connectivity index (χ2v) is 6.34. The maximum absolute atomic E-state index is 6.04. The molecular weight excluding hydrogens is 339 g/mol. The summed E-state index contributed by atoms with van der Waals surface area (Å²) in [6.07, 6.45) is 0.944. The molecule has 22 heavy (non-hydrogen) atoms. The summed E-state index contributed by atoms with van der Waals surface area (Å²) in [7, 11) is 0. The molecule has 1 aromatic carbocycles. The second-order valence-electron chi connectivity index (χ2n) is 4.67. The monoisotopic (exact) mass is 356 g/mol. The van der Waals surface area contributed by atoms with Crippen molar-refractivity contribution < 1.29 is 4.74 Å². The first kappa shape index (κ1) is 17.3. The van der Waals surface area contributed by atoms with Gasteiger partial charge in [0.15, 0.2) is 0 Å². The van der Waals surface area contributed by atoms with Crippen molar-refractivity contribution in [3.8, 4) is 5.75 Å². The molecule has 118 valence electrons. The highest BCUT2D eigenvalue weighted by Crippen LogP contribution is 2.32. The molecule has 0 amide bonds. The van der Waals surface area contributed by atoms with Crippen molar-refractivity contribution in [2.24, 2.45) is 0 Å². The molecule has 1 heterocycles. The van der Waals surface area contributed by atoms with Crippen LogP contribution in [-0.4, -0.2) is 16.6 Å². The van der Waals surface area contributed by atoms with Crippen LogP contribution < -0.4 is 9.46 Å². The number of aromatic nitrogens is 1. The Kier molecular flexibility index (Phi) is 7.16. The number of nitrogens with zero attached hydrogens (tertiary/aromatic N) is 1. The Morgan fingerprint density at radius 3 is 2.77 bits per heavy atom. The predicted octanol–water partition coefficient (Wildman–Crippen LogP) is 5.31. The van der Waals surface area contributed by atoms with E-state index in [0.29, 0.717) is 23.4 Å². The molecular formula is C16H18Cl2N2OS. The molecule has 3 nitrogen and oxygen atoms in total. The van der Waals surface area contributed by atoms with Gasteiger partial charge >= 0.3 is 0 Å². The van der Waals surface area contributed by atoms with Crippen molar-refractivity contribution in [1.82, 2.24) is 4.98 Å². The third-order valence-electron chi connectivity index (χ3n) is 2.92. The fraction of sp³-hybridized carbons (Fsp3) is 0.312. The van der Waals surface area contributed by atoms with E-state index in [4.69, 9.17) is 27.9 Å². The smallest absolute Gasteiger partial charge is 0.148 e. The molecule has 0 atom stereocenters. The van der Waals surface area contributed by atoms with Gasteiger partial charge in [0.05, 0.1) is 5.69 Å². The molecule has 0 aliphatic heterocycles. The van der Waals surface area contributed by atoms with E-state index in [9.17, 15) is 0 Å². The lowest BCUT2D eigenvalue weighted by Crippen LogP contribution is -2.02. The average Bonchev–Trinajstić information content (AvgIpc) is 2.52.